The summed E-state index contributed by atoms with van der Waals surface area (Å²) in [7, 11) is 0. The lowest BCUT2D eigenvalue weighted by Crippen LogP contribution is -2.11. The highest BCUT2D eigenvalue weighted by Crippen LogP contribution is 2.27. The van der Waals surface area contributed by atoms with Crippen molar-refractivity contribution in [3.05, 3.63) is 72.6 Å². The van der Waals surface area contributed by atoms with Gasteiger partial charge in [-0.05, 0) is 30.0 Å². The lowest BCUT2D eigenvalue weighted by Gasteiger charge is -2.11. The minimum Gasteiger partial charge on any atom is -0.361 e. The summed E-state index contributed by atoms with van der Waals surface area (Å²) in [6.07, 6.45) is 9.99. The van der Waals surface area contributed by atoms with Gasteiger partial charge in [0.25, 0.3) is 0 Å². The highest BCUT2D eigenvalue weighted by molar-refractivity contribution is 5.83. The molecule has 0 saturated heterocycles. The van der Waals surface area contributed by atoms with E-state index in [0.717, 1.165) is 41.2 Å². The number of para-hydroxylation sites is 1. The Morgan fingerprint density at radius 2 is 1.93 bits per heavy atom. The summed E-state index contributed by atoms with van der Waals surface area (Å²) < 4.78 is 1.89. The number of rotatable bonds is 6. The summed E-state index contributed by atoms with van der Waals surface area (Å²) >= 11 is 0. The molecule has 4 aromatic heterocycles. The van der Waals surface area contributed by atoms with Crippen LogP contribution in [0.2, 0.25) is 0 Å². The molecule has 0 aliphatic heterocycles. The second-order valence-electron chi connectivity index (χ2n) is 7.68. The normalized spacial score (nSPS) is 11.6. The van der Waals surface area contributed by atoms with E-state index in [4.69, 9.17) is 4.98 Å². The van der Waals surface area contributed by atoms with Crippen molar-refractivity contribution in [2.24, 2.45) is 0 Å². The van der Waals surface area contributed by atoms with Crippen LogP contribution in [-0.2, 0) is 6.42 Å². The Morgan fingerprint density at radius 3 is 2.77 bits per heavy atom. The summed E-state index contributed by atoms with van der Waals surface area (Å²) in [5, 5.41) is 9.34. The van der Waals surface area contributed by atoms with Gasteiger partial charge in [-0.3, -0.25) is 0 Å². The molecule has 0 aliphatic rings. The smallest absolute Gasteiger partial charge is 0.224 e. The molecule has 0 atom stereocenters. The van der Waals surface area contributed by atoms with Crippen molar-refractivity contribution in [2.75, 3.05) is 11.9 Å². The maximum Gasteiger partial charge on any atom is 0.224 e. The Kier molecular flexibility index (Phi) is 4.63. The summed E-state index contributed by atoms with van der Waals surface area (Å²) in [5.41, 5.74) is 6.40. The van der Waals surface area contributed by atoms with Crippen LogP contribution in [0.25, 0.3) is 27.7 Å². The summed E-state index contributed by atoms with van der Waals surface area (Å²) in [6, 6.07) is 10.4. The molecule has 0 fully saturated rings. The molecule has 0 bridgehead atoms. The predicted octanol–water partition coefficient (Wildman–Crippen LogP) is 4.45. The van der Waals surface area contributed by atoms with Crippen molar-refractivity contribution in [1.82, 2.24) is 29.5 Å². The Balaban J connectivity index is 1.48. The lowest BCUT2D eigenvalue weighted by molar-refractivity contribution is 0.875. The van der Waals surface area contributed by atoms with Crippen LogP contribution in [-0.4, -0.2) is 36.1 Å². The zero-order valence-electron chi connectivity index (χ0n) is 17.0. The van der Waals surface area contributed by atoms with Crippen molar-refractivity contribution >= 4 is 22.4 Å². The number of nitrogens with one attached hydrogen (secondary N) is 2. The van der Waals surface area contributed by atoms with E-state index < -0.39 is 0 Å². The van der Waals surface area contributed by atoms with Gasteiger partial charge in [0, 0.05) is 47.2 Å². The fourth-order valence-electron chi connectivity index (χ4n) is 3.79. The van der Waals surface area contributed by atoms with Crippen LogP contribution in [0.3, 0.4) is 0 Å². The van der Waals surface area contributed by atoms with Crippen molar-refractivity contribution in [3.8, 4) is 11.3 Å². The first-order valence-electron chi connectivity index (χ1n) is 10.1. The van der Waals surface area contributed by atoms with Crippen LogP contribution in [0.1, 0.15) is 30.9 Å². The van der Waals surface area contributed by atoms with Gasteiger partial charge in [0.2, 0.25) is 5.95 Å². The average Bonchev–Trinajstić information content (AvgIpc) is 3.39. The van der Waals surface area contributed by atoms with Gasteiger partial charge in [-0.15, -0.1) is 0 Å². The van der Waals surface area contributed by atoms with Crippen LogP contribution in [0, 0.1) is 0 Å². The number of fused-ring (bicyclic) bond motifs is 2. The van der Waals surface area contributed by atoms with Crippen LogP contribution in [0.5, 0.6) is 0 Å². The second-order valence-corrected chi connectivity index (χ2v) is 7.68. The molecule has 7 heteroatoms. The quantitative estimate of drug-likeness (QED) is 0.442. The van der Waals surface area contributed by atoms with Crippen molar-refractivity contribution < 1.29 is 0 Å². The van der Waals surface area contributed by atoms with E-state index >= 15 is 0 Å². The molecule has 0 amide bonds. The third-order valence-corrected chi connectivity index (χ3v) is 5.37. The molecule has 5 rings (SSSR count). The van der Waals surface area contributed by atoms with Crippen LogP contribution in [0.4, 0.5) is 5.95 Å². The zero-order chi connectivity index (χ0) is 20.5. The van der Waals surface area contributed by atoms with Crippen molar-refractivity contribution in [2.45, 2.75) is 26.2 Å². The average molecular weight is 397 g/mol. The first-order valence-corrected chi connectivity index (χ1v) is 10.1. The van der Waals surface area contributed by atoms with E-state index in [1.54, 1.807) is 12.4 Å². The lowest BCUT2D eigenvalue weighted by atomic mass is 10.1. The van der Waals surface area contributed by atoms with Crippen molar-refractivity contribution in [3.63, 3.8) is 0 Å². The first-order chi connectivity index (χ1) is 14.7. The van der Waals surface area contributed by atoms with Gasteiger partial charge in [0.15, 0.2) is 0 Å². The number of anilines is 1. The molecule has 150 valence electrons. The van der Waals surface area contributed by atoms with Crippen LogP contribution >= 0.6 is 0 Å². The van der Waals surface area contributed by atoms with Gasteiger partial charge in [0.05, 0.1) is 17.4 Å². The number of hydrogen-bond donors (Lipinski definition) is 2. The molecule has 2 N–H and O–H groups in total. The topological polar surface area (TPSA) is 83.8 Å². The van der Waals surface area contributed by atoms with Gasteiger partial charge >= 0.3 is 0 Å². The summed E-state index contributed by atoms with van der Waals surface area (Å²) in [4.78, 5) is 16.5. The maximum atomic E-state index is 4.83. The number of nitrogens with zero attached hydrogens (tertiary/aromatic N) is 5. The van der Waals surface area contributed by atoms with E-state index in [-0.39, 0.29) is 0 Å². The molecular formula is C23H23N7. The molecule has 1 aromatic carbocycles. The third-order valence-electron chi connectivity index (χ3n) is 5.37. The fourth-order valence-corrected chi connectivity index (χ4v) is 3.79. The third kappa shape index (κ3) is 3.28. The number of aromatic amines is 1. The van der Waals surface area contributed by atoms with Crippen LogP contribution in [0.15, 0.2) is 61.4 Å². The number of H-pyrrole nitrogens is 1. The van der Waals surface area contributed by atoms with E-state index in [1.807, 2.05) is 16.8 Å². The minimum absolute atomic E-state index is 0.365. The van der Waals surface area contributed by atoms with Gasteiger partial charge in [-0.2, -0.15) is 5.10 Å². The fraction of sp³-hybridized carbons (Fsp3) is 0.217. The van der Waals surface area contributed by atoms with Crippen LogP contribution < -0.4 is 5.32 Å². The van der Waals surface area contributed by atoms with E-state index in [1.165, 1.54) is 22.8 Å². The molecule has 0 unspecified atom stereocenters. The molecule has 5 aromatic rings. The highest BCUT2D eigenvalue weighted by atomic mass is 15.3. The second kappa shape index (κ2) is 7.59. The van der Waals surface area contributed by atoms with Gasteiger partial charge in [-0.1, -0.05) is 32.0 Å². The Labute approximate surface area is 174 Å². The summed E-state index contributed by atoms with van der Waals surface area (Å²) in [5.74, 6) is 1.09. The standard InChI is InChI=1S/C23H23N7/c1-15(2)19-13-28-30-22(19)9-21(17-10-24-14-25-11-17)29-23(30)26-8-7-16-12-27-20-6-4-3-5-18(16)20/h3-6,9-15,27H,7-8H2,1-2H3,(H,26,29). The van der Waals surface area contributed by atoms with E-state index in [9.17, 15) is 0 Å². The maximum absolute atomic E-state index is 4.83. The Morgan fingerprint density at radius 1 is 1.10 bits per heavy atom. The Bertz CT molecular complexity index is 1300. The van der Waals surface area contributed by atoms with Gasteiger partial charge in [-0.25, -0.2) is 19.5 Å². The molecule has 4 heterocycles. The van der Waals surface area contributed by atoms with E-state index in [0.29, 0.717) is 5.92 Å². The molecule has 0 spiro atoms. The van der Waals surface area contributed by atoms with E-state index in [2.05, 4.69) is 69.7 Å². The zero-order valence-corrected chi connectivity index (χ0v) is 17.0. The molecule has 30 heavy (non-hydrogen) atoms. The molecule has 7 nitrogen and oxygen atoms in total. The summed E-state index contributed by atoms with van der Waals surface area (Å²) in [6.45, 7) is 5.09. The molecule has 0 radical (unpaired) electrons. The van der Waals surface area contributed by atoms with Gasteiger partial charge < -0.3 is 10.3 Å². The molecular weight excluding hydrogens is 374 g/mol. The minimum atomic E-state index is 0.365. The Hall–Kier alpha value is -3.74. The largest absolute Gasteiger partial charge is 0.361 e. The number of aromatic nitrogens is 6. The highest BCUT2D eigenvalue weighted by Gasteiger charge is 2.15. The number of hydrogen-bond acceptors (Lipinski definition) is 5. The van der Waals surface area contributed by atoms with Gasteiger partial charge in [0.1, 0.15) is 6.33 Å². The first kappa shape index (κ1) is 18.3. The van der Waals surface area contributed by atoms with Crippen molar-refractivity contribution in [1.29, 1.82) is 0 Å². The monoisotopic (exact) mass is 397 g/mol. The SMILES string of the molecule is CC(C)c1cnn2c(NCCc3c[nH]c4ccccc34)nc(-c3cncnc3)cc12. The predicted molar refractivity (Wildman–Crippen MR) is 119 cm³/mol. The molecule has 0 saturated carbocycles. The number of benzene rings is 1. The molecule has 0 aliphatic carbocycles.